The fourth-order valence-electron chi connectivity index (χ4n) is 9.06. The van der Waals surface area contributed by atoms with Gasteiger partial charge in [-0.3, -0.25) is 14.6 Å². The molecule has 1 N–H and O–H groups in total. The van der Waals surface area contributed by atoms with Crippen LogP contribution in [0.5, 0.6) is 0 Å². The minimum atomic E-state index is -0.646. The van der Waals surface area contributed by atoms with Crippen molar-refractivity contribution in [2.24, 2.45) is 44.1 Å². The zero-order valence-electron chi connectivity index (χ0n) is 27.7. The lowest BCUT2D eigenvalue weighted by Crippen LogP contribution is -2.71. The van der Waals surface area contributed by atoms with Gasteiger partial charge >= 0.3 is 5.97 Å². The Morgan fingerprint density at radius 2 is 2.07 bits per heavy atom. The van der Waals surface area contributed by atoms with Gasteiger partial charge < -0.3 is 14.7 Å². The molecule has 9 heteroatoms. The number of aliphatic hydroxyl groups excluding tert-OH is 1. The van der Waals surface area contributed by atoms with Crippen molar-refractivity contribution >= 4 is 35.7 Å². The third-order valence-electron chi connectivity index (χ3n) is 11.4. The van der Waals surface area contributed by atoms with Crippen molar-refractivity contribution in [3.63, 3.8) is 0 Å². The summed E-state index contributed by atoms with van der Waals surface area (Å²) >= 11 is 1.44. The summed E-state index contributed by atoms with van der Waals surface area (Å²) in [5.41, 5.74) is -0.396. The number of esters is 1. The van der Waals surface area contributed by atoms with Gasteiger partial charge in [-0.05, 0) is 74.0 Å². The highest BCUT2D eigenvalue weighted by Gasteiger charge is 2.73. The SMILES string of the molecule is C=C[C@]1(C)C[C@@H](OC(=O)CSc2cccc(/C=N/N3CCN(CC)C3=NC)c2)[C@@H](C)C2C3(/C=C/C)CC2(CCC3=O)[C@@H](C)[C@@H]1O. The Morgan fingerprint density at radius 3 is 2.76 bits per heavy atom. The number of thioether (sulfide) groups is 1. The smallest absolute Gasteiger partial charge is 0.316 e. The van der Waals surface area contributed by atoms with Crippen LogP contribution in [0.4, 0.5) is 0 Å². The third kappa shape index (κ3) is 5.79. The van der Waals surface area contributed by atoms with E-state index in [4.69, 9.17) is 4.74 Å². The van der Waals surface area contributed by atoms with Gasteiger partial charge in [0, 0.05) is 36.9 Å². The van der Waals surface area contributed by atoms with E-state index in [2.05, 4.69) is 48.4 Å². The number of likely N-dealkylation sites (N-methyl/N-ethyl adjacent to an activating group) is 1. The van der Waals surface area contributed by atoms with E-state index in [-0.39, 0.29) is 40.7 Å². The monoisotopic (exact) mass is 634 g/mol. The molecule has 1 spiro atoms. The summed E-state index contributed by atoms with van der Waals surface area (Å²) in [7, 11) is 1.79. The molecular formula is C36H50N4O4S. The summed E-state index contributed by atoms with van der Waals surface area (Å²) in [6.45, 7) is 17.1. The number of ketones is 1. The Hall–Kier alpha value is -2.91. The van der Waals surface area contributed by atoms with Crippen LogP contribution in [0.3, 0.4) is 0 Å². The molecule has 4 fully saturated rings. The van der Waals surface area contributed by atoms with Crippen LogP contribution >= 0.6 is 11.8 Å². The van der Waals surface area contributed by atoms with Crippen LogP contribution in [0.1, 0.15) is 65.9 Å². The number of aliphatic hydroxyl groups is 1. The van der Waals surface area contributed by atoms with Gasteiger partial charge in [0.05, 0.1) is 30.0 Å². The molecule has 0 amide bonds. The van der Waals surface area contributed by atoms with Crippen LogP contribution in [0.2, 0.25) is 0 Å². The van der Waals surface area contributed by atoms with Gasteiger partial charge in [-0.25, -0.2) is 5.01 Å². The number of rotatable bonds is 9. The molecule has 1 aliphatic heterocycles. The zero-order valence-corrected chi connectivity index (χ0v) is 28.6. The van der Waals surface area contributed by atoms with Gasteiger partial charge in [0.1, 0.15) is 11.9 Å². The first kappa shape index (κ1) is 33.5. The fraction of sp³-hybridized carbons (Fsp3) is 0.611. The van der Waals surface area contributed by atoms with Gasteiger partial charge in [0.15, 0.2) is 0 Å². The second-order valence-electron chi connectivity index (χ2n) is 13.7. The summed E-state index contributed by atoms with van der Waals surface area (Å²) in [6.07, 6.45) is 9.17. The number of guanidine groups is 1. The first-order valence-corrected chi connectivity index (χ1v) is 17.4. The lowest BCUT2D eigenvalue weighted by molar-refractivity contribution is -0.239. The number of Topliss-reactive ketones (excluding diaryl/α,β-unsaturated/α-hetero) is 1. The molecule has 8 nitrogen and oxygen atoms in total. The molecule has 1 aromatic carbocycles. The Kier molecular flexibility index (Phi) is 9.71. The summed E-state index contributed by atoms with van der Waals surface area (Å²) in [6, 6.07) is 7.97. The summed E-state index contributed by atoms with van der Waals surface area (Å²) in [4.78, 5) is 34.4. The molecule has 1 heterocycles. The fourth-order valence-corrected chi connectivity index (χ4v) is 9.81. The van der Waals surface area contributed by atoms with E-state index in [1.54, 1.807) is 7.05 Å². The van der Waals surface area contributed by atoms with E-state index in [0.717, 1.165) is 48.9 Å². The van der Waals surface area contributed by atoms with Crippen molar-refractivity contribution in [2.75, 3.05) is 32.4 Å². The molecule has 1 saturated heterocycles. The molecule has 45 heavy (non-hydrogen) atoms. The number of benzene rings is 1. The van der Waals surface area contributed by atoms with Gasteiger partial charge in [0.25, 0.3) is 0 Å². The van der Waals surface area contributed by atoms with Crippen molar-refractivity contribution in [1.82, 2.24) is 9.91 Å². The van der Waals surface area contributed by atoms with Crippen LogP contribution in [-0.2, 0) is 14.3 Å². The second kappa shape index (κ2) is 13.1. The molecule has 5 rings (SSSR count). The number of carbonyl (C=O) groups is 2. The van der Waals surface area contributed by atoms with Crippen LogP contribution in [0, 0.1) is 34.0 Å². The summed E-state index contributed by atoms with van der Waals surface area (Å²) < 4.78 is 6.30. The number of allylic oxidation sites excluding steroid dienone is 2. The molecule has 4 aliphatic rings. The largest absolute Gasteiger partial charge is 0.461 e. The van der Waals surface area contributed by atoms with E-state index in [0.29, 0.717) is 12.8 Å². The zero-order chi connectivity index (χ0) is 32.6. The molecule has 3 saturated carbocycles. The predicted molar refractivity (Wildman–Crippen MR) is 181 cm³/mol. The molecule has 1 aromatic rings. The van der Waals surface area contributed by atoms with E-state index in [9.17, 15) is 14.7 Å². The maximum atomic E-state index is 13.4. The number of ether oxygens (including phenoxy) is 1. The molecule has 0 radical (unpaired) electrons. The quantitative estimate of drug-likeness (QED) is 0.159. The highest BCUT2D eigenvalue weighted by atomic mass is 32.2. The molecular weight excluding hydrogens is 584 g/mol. The average Bonchev–Trinajstić information content (AvgIpc) is 3.44. The molecule has 2 bridgehead atoms. The minimum Gasteiger partial charge on any atom is -0.461 e. The second-order valence-corrected chi connectivity index (χ2v) is 14.8. The predicted octanol–water partition coefficient (Wildman–Crippen LogP) is 5.81. The number of hydrogen-bond donors (Lipinski definition) is 1. The Balaban J connectivity index is 1.30. The van der Waals surface area contributed by atoms with Gasteiger partial charge in [-0.15, -0.1) is 18.3 Å². The molecule has 244 valence electrons. The average molecular weight is 635 g/mol. The van der Waals surface area contributed by atoms with Gasteiger partial charge in [-0.2, -0.15) is 5.10 Å². The van der Waals surface area contributed by atoms with E-state index >= 15 is 0 Å². The normalized spacial score (nSPS) is 37.4. The highest BCUT2D eigenvalue weighted by Crippen LogP contribution is 2.74. The van der Waals surface area contributed by atoms with Crippen molar-refractivity contribution in [3.05, 3.63) is 54.6 Å². The van der Waals surface area contributed by atoms with Gasteiger partial charge in [0.2, 0.25) is 5.96 Å². The molecule has 3 aliphatic carbocycles. The first-order valence-electron chi connectivity index (χ1n) is 16.4. The molecule has 8 atom stereocenters. The Bertz CT molecular complexity index is 1390. The van der Waals surface area contributed by atoms with Gasteiger partial charge in [-0.1, -0.05) is 51.1 Å². The number of fused-ring (bicyclic) bond motifs is 2. The molecule has 3 unspecified atom stereocenters. The maximum absolute atomic E-state index is 13.4. The number of hydrazone groups is 1. The standard InChI is InChI=1S/C36H50N4O4S/c1-8-15-36-23-35(16-14-29(36)41)25(5)32(43)34(6,9-2)20-28(24(4)31(35)36)44-30(42)22-45-27-13-11-12-26(19-27)21-38-40-18-17-39(10-3)33(40)37-7/h8-9,11-13,15,19,21,24-25,28,31-32,43H,2,10,14,16-18,20,22-23H2,1,3-7H3/b15-8+,37-33?,38-21+/t24-,25+,28-,31?,32+,34-,35?,36?/m1/s1. The summed E-state index contributed by atoms with van der Waals surface area (Å²) in [5, 5.41) is 18.3. The number of carbonyl (C=O) groups excluding carboxylic acids is 2. The lowest BCUT2D eigenvalue weighted by Gasteiger charge is -2.71. The van der Waals surface area contributed by atoms with E-state index in [1.165, 1.54) is 11.8 Å². The minimum absolute atomic E-state index is 0.000601. The maximum Gasteiger partial charge on any atom is 0.316 e. The topological polar surface area (TPSA) is 94.8 Å². The lowest BCUT2D eigenvalue weighted by atomic mass is 9.32. The third-order valence-corrected chi connectivity index (χ3v) is 12.4. The van der Waals surface area contributed by atoms with Crippen molar-refractivity contribution in [1.29, 1.82) is 0 Å². The van der Waals surface area contributed by atoms with Crippen molar-refractivity contribution in [3.8, 4) is 0 Å². The van der Waals surface area contributed by atoms with E-state index in [1.807, 2.05) is 61.5 Å². The van der Waals surface area contributed by atoms with Crippen molar-refractivity contribution in [2.45, 2.75) is 77.4 Å². The first-order chi connectivity index (χ1) is 21.5. The Labute approximate surface area is 273 Å². The van der Waals surface area contributed by atoms with E-state index < -0.39 is 23.0 Å². The van der Waals surface area contributed by atoms with Crippen LogP contribution in [-0.4, -0.2) is 83.6 Å². The van der Waals surface area contributed by atoms with Crippen LogP contribution < -0.4 is 0 Å². The Morgan fingerprint density at radius 1 is 1.29 bits per heavy atom. The molecule has 0 aromatic heterocycles. The number of aliphatic imine (C=N–C) groups is 1. The number of hydrogen-bond acceptors (Lipinski definition) is 7. The number of nitrogens with zero attached hydrogens (tertiary/aromatic N) is 4. The van der Waals surface area contributed by atoms with Crippen LogP contribution in [0.15, 0.2) is 64.1 Å². The van der Waals surface area contributed by atoms with Crippen LogP contribution in [0.25, 0.3) is 0 Å². The summed E-state index contributed by atoms with van der Waals surface area (Å²) in [5.74, 6) is 0.983. The van der Waals surface area contributed by atoms with Crippen molar-refractivity contribution < 1.29 is 19.4 Å². The highest BCUT2D eigenvalue weighted by molar-refractivity contribution is 8.00.